The first-order chi connectivity index (χ1) is 11.2. The number of nitrogens with zero attached hydrogens (tertiary/aromatic N) is 3. The van der Waals surface area contributed by atoms with E-state index in [0.717, 1.165) is 10.4 Å². The van der Waals surface area contributed by atoms with Crippen molar-refractivity contribution in [3.05, 3.63) is 30.1 Å². The van der Waals surface area contributed by atoms with Crippen molar-refractivity contribution in [1.82, 2.24) is 14.1 Å². The van der Waals surface area contributed by atoms with Crippen LogP contribution in [0.1, 0.15) is 6.92 Å². The average molecular weight is 355 g/mol. The predicted octanol–water partition coefficient (Wildman–Crippen LogP) is -0.112. The summed E-state index contributed by atoms with van der Waals surface area (Å²) in [4.78, 5) is 27.0. The molecule has 130 valence electrons. The topological polar surface area (TPSA) is 78.0 Å². The molecule has 0 aromatic heterocycles. The fourth-order valence-corrected chi connectivity index (χ4v) is 4.58. The lowest BCUT2D eigenvalue weighted by molar-refractivity contribution is -0.161. The molecule has 0 aliphatic carbocycles. The van der Waals surface area contributed by atoms with E-state index in [1.807, 2.05) is 0 Å². The fourth-order valence-electron chi connectivity index (χ4n) is 3.08. The summed E-state index contributed by atoms with van der Waals surface area (Å²) in [6.07, 6.45) is 0. The van der Waals surface area contributed by atoms with E-state index in [2.05, 4.69) is 0 Å². The van der Waals surface area contributed by atoms with E-state index in [4.69, 9.17) is 0 Å². The number of amides is 2. The lowest BCUT2D eigenvalue weighted by atomic mass is 10.0. The highest BCUT2D eigenvalue weighted by Gasteiger charge is 2.47. The summed E-state index contributed by atoms with van der Waals surface area (Å²) in [7, 11) is -2.55. The molecule has 0 spiro atoms. The summed E-state index contributed by atoms with van der Waals surface area (Å²) >= 11 is 0. The van der Waals surface area contributed by atoms with Crippen LogP contribution in [0.25, 0.3) is 0 Å². The van der Waals surface area contributed by atoms with E-state index in [9.17, 15) is 22.4 Å². The van der Waals surface area contributed by atoms with Crippen LogP contribution >= 0.6 is 0 Å². The first kappa shape index (κ1) is 16.8. The van der Waals surface area contributed by atoms with Gasteiger partial charge >= 0.3 is 0 Å². The number of rotatable bonds is 2. The van der Waals surface area contributed by atoms with Gasteiger partial charge in [0.05, 0.1) is 0 Å². The molecule has 2 amide bonds. The van der Waals surface area contributed by atoms with E-state index >= 15 is 0 Å². The van der Waals surface area contributed by atoms with Crippen LogP contribution < -0.4 is 0 Å². The fraction of sp³-hybridized carbons (Fsp3) is 0.467. The van der Waals surface area contributed by atoms with Crippen molar-refractivity contribution in [2.75, 3.05) is 26.7 Å². The molecule has 24 heavy (non-hydrogen) atoms. The smallest absolute Gasteiger partial charge is 0.247 e. The Morgan fingerprint density at radius 2 is 1.79 bits per heavy atom. The van der Waals surface area contributed by atoms with Crippen LogP contribution in [0.5, 0.6) is 0 Å². The van der Waals surface area contributed by atoms with Crippen LogP contribution in [0, 0.1) is 5.82 Å². The highest BCUT2D eigenvalue weighted by atomic mass is 32.2. The average Bonchev–Trinajstić information content (AvgIpc) is 2.57. The Morgan fingerprint density at radius 3 is 2.46 bits per heavy atom. The number of hydrogen-bond donors (Lipinski definition) is 0. The van der Waals surface area contributed by atoms with E-state index in [1.54, 1.807) is 6.92 Å². The Balaban J connectivity index is 1.91. The molecule has 2 atom stereocenters. The molecule has 9 heteroatoms. The maximum absolute atomic E-state index is 13.9. The van der Waals surface area contributed by atoms with E-state index in [1.165, 1.54) is 35.0 Å². The summed E-state index contributed by atoms with van der Waals surface area (Å²) in [5.41, 5.74) is 0. The molecule has 1 aromatic carbocycles. The van der Waals surface area contributed by atoms with Crippen molar-refractivity contribution in [3.63, 3.8) is 0 Å². The van der Waals surface area contributed by atoms with Gasteiger partial charge in [0.2, 0.25) is 21.8 Å². The van der Waals surface area contributed by atoms with Crippen LogP contribution in [0.2, 0.25) is 0 Å². The van der Waals surface area contributed by atoms with Gasteiger partial charge in [-0.2, -0.15) is 4.31 Å². The SMILES string of the molecule is C[C@H]1C(=O)N2CCN(S(=O)(=O)c3ccccc3F)C[C@@H]2C(=O)N1C. The van der Waals surface area contributed by atoms with Crippen molar-refractivity contribution in [1.29, 1.82) is 0 Å². The van der Waals surface area contributed by atoms with Crippen molar-refractivity contribution < 1.29 is 22.4 Å². The number of carbonyl (C=O) groups excluding carboxylic acids is 2. The van der Waals surface area contributed by atoms with Crippen LogP contribution in [-0.4, -0.2) is 73.1 Å². The van der Waals surface area contributed by atoms with E-state index in [-0.39, 0.29) is 31.4 Å². The summed E-state index contributed by atoms with van der Waals surface area (Å²) in [5.74, 6) is -1.35. The number of halogens is 1. The molecule has 0 unspecified atom stereocenters. The molecule has 3 rings (SSSR count). The van der Waals surface area contributed by atoms with Crippen molar-refractivity contribution in [2.45, 2.75) is 23.9 Å². The highest BCUT2D eigenvalue weighted by Crippen LogP contribution is 2.26. The summed E-state index contributed by atoms with van der Waals surface area (Å²) in [6.45, 7) is 1.61. The van der Waals surface area contributed by atoms with Gasteiger partial charge in [-0.15, -0.1) is 0 Å². The first-order valence-electron chi connectivity index (χ1n) is 7.57. The molecule has 2 heterocycles. The lowest BCUT2D eigenvalue weighted by Crippen LogP contribution is -2.69. The normalized spacial score (nSPS) is 25.8. The van der Waals surface area contributed by atoms with Crippen molar-refractivity contribution in [2.24, 2.45) is 0 Å². The van der Waals surface area contributed by atoms with Crippen LogP contribution in [0.4, 0.5) is 4.39 Å². The second-order valence-corrected chi connectivity index (χ2v) is 7.87. The van der Waals surface area contributed by atoms with Gasteiger partial charge < -0.3 is 9.80 Å². The second kappa shape index (κ2) is 5.82. The Hall–Kier alpha value is -2.00. The maximum Gasteiger partial charge on any atom is 0.247 e. The molecule has 2 saturated heterocycles. The summed E-state index contributed by atoms with van der Waals surface area (Å²) < 4.78 is 40.3. The van der Waals surface area contributed by atoms with Gasteiger partial charge in [-0.25, -0.2) is 12.8 Å². The molecule has 2 fully saturated rings. The largest absolute Gasteiger partial charge is 0.332 e. The summed E-state index contributed by atoms with van der Waals surface area (Å²) in [5, 5.41) is 0. The minimum Gasteiger partial charge on any atom is -0.332 e. The second-order valence-electron chi connectivity index (χ2n) is 5.97. The van der Waals surface area contributed by atoms with Gasteiger partial charge in [-0.1, -0.05) is 12.1 Å². The van der Waals surface area contributed by atoms with Gasteiger partial charge in [0.15, 0.2) is 0 Å². The molecular weight excluding hydrogens is 337 g/mol. The third kappa shape index (κ3) is 2.48. The molecule has 0 saturated carbocycles. The molecule has 2 aliphatic heterocycles. The molecule has 0 N–H and O–H groups in total. The highest BCUT2D eigenvalue weighted by molar-refractivity contribution is 7.89. The van der Waals surface area contributed by atoms with Crippen molar-refractivity contribution >= 4 is 21.8 Å². The number of likely N-dealkylation sites (N-methyl/N-ethyl adjacent to an activating group) is 1. The zero-order valence-corrected chi connectivity index (χ0v) is 14.2. The number of piperazine rings is 2. The van der Waals surface area contributed by atoms with Gasteiger partial charge in [-0.05, 0) is 19.1 Å². The molecule has 0 bridgehead atoms. The number of fused-ring (bicyclic) bond motifs is 1. The van der Waals surface area contributed by atoms with Gasteiger partial charge in [0.1, 0.15) is 22.8 Å². The predicted molar refractivity (Wildman–Crippen MR) is 82.9 cm³/mol. The Bertz CT molecular complexity index is 798. The first-order valence-corrected chi connectivity index (χ1v) is 9.01. The number of sulfonamides is 1. The zero-order valence-electron chi connectivity index (χ0n) is 13.3. The zero-order chi connectivity index (χ0) is 17.6. The third-order valence-electron chi connectivity index (χ3n) is 4.65. The Kier molecular flexibility index (Phi) is 4.08. The molecule has 1 aromatic rings. The Morgan fingerprint density at radius 1 is 1.12 bits per heavy atom. The minimum atomic E-state index is -4.07. The van der Waals surface area contributed by atoms with Gasteiger partial charge in [0.25, 0.3) is 0 Å². The molecule has 7 nitrogen and oxygen atoms in total. The number of hydrogen-bond acceptors (Lipinski definition) is 4. The minimum absolute atomic E-state index is 0.0304. The van der Waals surface area contributed by atoms with Crippen LogP contribution in [0.3, 0.4) is 0 Å². The quantitative estimate of drug-likeness (QED) is 0.742. The van der Waals surface area contributed by atoms with Crippen LogP contribution in [0.15, 0.2) is 29.2 Å². The third-order valence-corrected chi connectivity index (χ3v) is 6.55. The standard InChI is InChI=1S/C15H18FN3O4S/c1-10-14(20)19-8-7-18(9-12(19)15(21)17(10)2)24(22,23)13-6-4-3-5-11(13)16/h3-6,10,12H,7-9H2,1-2H3/t10-,12+/m0/s1. The van der Waals surface area contributed by atoms with E-state index < -0.39 is 32.8 Å². The molecule has 0 radical (unpaired) electrons. The lowest BCUT2D eigenvalue weighted by Gasteiger charge is -2.47. The number of benzene rings is 1. The van der Waals surface area contributed by atoms with Gasteiger partial charge in [0, 0.05) is 26.7 Å². The van der Waals surface area contributed by atoms with Gasteiger partial charge in [-0.3, -0.25) is 9.59 Å². The monoisotopic (exact) mass is 355 g/mol. The van der Waals surface area contributed by atoms with E-state index in [0.29, 0.717) is 0 Å². The molecule has 2 aliphatic rings. The number of carbonyl (C=O) groups is 2. The van der Waals surface area contributed by atoms with Crippen molar-refractivity contribution in [3.8, 4) is 0 Å². The molecular formula is C15H18FN3O4S. The Labute approximate surface area is 139 Å². The maximum atomic E-state index is 13.9. The van der Waals surface area contributed by atoms with Crippen LogP contribution in [-0.2, 0) is 19.6 Å². The summed E-state index contributed by atoms with van der Waals surface area (Å²) in [6, 6.07) is 3.69.